The number of hydrogen-bond donors (Lipinski definition) is 6. The molecule has 0 spiro atoms. The Kier molecular flexibility index (Phi) is 4.73. The number of phosphoric acid groups is 1. The molecule has 0 bridgehead atoms. The van der Waals surface area contributed by atoms with Crippen LogP contribution in [0.5, 0.6) is 0 Å². The van der Waals surface area contributed by atoms with E-state index in [4.69, 9.17) is 9.79 Å². The molecule has 0 aromatic carbocycles. The molecule has 0 amide bonds. The number of H-pyrrole nitrogens is 2. The molecule has 1 unspecified atom stereocenters. The number of aliphatic hydroxyl groups is 2. The van der Waals surface area contributed by atoms with E-state index in [0.29, 0.717) is 0 Å². The van der Waals surface area contributed by atoms with Crippen LogP contribution in [0.2, 0.25) is 0 Å². The summed E-state index contributed by atoms with van der Waals surface area (Å²) in [5.74, 6) is 0. The Hall–Kier alpha value is -0.940. The maximum absolute atomic E-state index is 11.7. The third kappa shape index (κ3) is 3.83. The molecule has 0 saturated carbocycles. The van der Waals surface area contributed by atoms with Gasteiger partial charge in [-0.25, -0.2) is 9.36 Å². The Morgan fingerprint density at radius 3 is 2.52 bits per heavy atom. The van der Waals surface area contributed by atoms with Gasteiger partial charge in [0.15, 0.2) is 0 Å². The van der Waals surface area contributed by atoms with E-state index in [9.17, 15) is 24.4 Å². The van der Waals surface area contributed by atoms with Crippen molar-refractivity contribution < 1.29 is 29.1 Å². The third-order valence-electron chi connectivity index (χ3n) is 2.92. The van der Waals surface area contributed by atoms with Gasteiger partial charge in [-0.3, -0.25) is 14.3 Å². The first-order chi connectivity index (χ1) is 9.69. The van der Waals surface area contributed by atoms with E-state index in [-0.39, 0.29) is 5.56 Å². The van der Waals surface area contributed by atoms with E-state index >= 15 is 0 Å². The molecule has 2 heterocycles. The quantitative estimate of drug-likeness (QED) is 0.340. The van der Waals surface area contributed by atoms with Crippen molar-refractivity contribution in [3.63, 3.8) is 0 Å². The normalized spacial score (nSPS) is 29.7. The van der Waals surface area contributed by atoms with Crippen LogP contribution >= 0.6 is 19.6 Å². The highest BCUT2D eigenvalue weighted by atomic mass is 32.2. The Bertz CT molecular complexity index is 668. The van der Waals surface area contributed by atoms with Crippen LogP contribution in [0.3, 0.4) is 0 Å². The van der Waals surface area contributed by atoms with Crippen molar-refractivity contribution in [2.24, 2.45) is 0 Å². The molecular weight excluding hydrogens is 327 g/mol. The van der Waals surface area contributed by atoms with Gasteiger partial charge < -0.3 is 25.0 Å². The van der Waals surface area contributed by atoms with Crippen molar-refractivity contribution >= 4 is 19.6 Å². The number of hydrogen-bond acceptors (Lipinski definition) is 7. The maximum Gasteiger partial charge on any atom is 0.469 e. The van der Waals surface area contributed by atoms with Gasteiger partial charge in [0.05, 0.1) is 29.3 Å². The van der Waals surface area contributed by atoms with E-state index in [1.54, 1.807) is 0 Å². The van der Waals surface area contributed by atoms with E-state index in [2.05, 4.69) is 9.51 Å². The number of aromatic amines is 2. The Morgan fingerprint density at radius 2 is 1.95 bits per heavy atom. The highest BCUT2D eigenvalue weighted by Crippen LogP contribution is 2.46. The van der Waals surface area contributed by atoms with Gasteiger partial charge >= 0.3 is 13.5 Å². The molecule has 118 valence electrons. The van der Waals surface area contributed by atoms with Gasteiger partial charge in [-0.15, -0.1) is 11.8 Å². The van der Waals surface area contributed by atoms with Crippen LogP contribution in [0.25, 0.3) is 0 Å². The van der Waals surface area contributed by atoms with E-state index in [1.165, 1.54) is 0 Å². The van der Waals surface area contributed by atoms with E-state index in [0.717, 1.165) is 18.0 Å². The Labute approximate surface area is 121 Å². The molecule has 0 radical (unpaired) electrons. The molecule has 1 aliphatic rings. The van der Waals surface area contributed by atoms with Crippen molar-refractivity contribution in [1.29, 1.82) is 0 Å². The van der Waals surface area contributed by atoms with Crippen LogP contribution in [0.4, 0.5) is 0 Å². The number of nitrogens with one attached hydrogen (secondary N) is 2. The van der Waals surface area contributed by atoms with Crippen LogP contribution in [0.1, 0.15) is 10.8 Å². The van der Waals surface area contributed by atoms with Crippen LogP contribution < -0.4 is 11.2 Å². The zero-order valence-electron chi connectivity index (χ0n) is 10.4. The molecule has 1 aromatic rings. The first kappa shape index (κ1) is 16.4. The average Bonchev–Trinajstić information content (AvgIpc) is 2.64. The minimum absolute atomic E-state index is 0.0461. The molecule has 0 aliphatic carbocycles. The van der Waals surface area contributed by atoms with Crippen LogP contribution in [-0.2, 0) is 9.09 Å². The topological polar surface area (TPSA) is 173 Å². The van der Waals surface area contributed by atoms with Gasteiger partial charge in [0.25, 0.3) is 5.56 Å². The van der Waals surface area contributed by atoms with Crippen LogP contribution in [0, 0.1) is 0 Å². The summed E-state index contributed by atoms with van der Waals surface area (Å²) >= 11 is 0.930. The third-order valence-corrected chi connectivity index (χ3v) is 5.00. The summed E-state index contributed by atoms with van der Waals surface area (Å²) in [5, 5.41) is 18.1. The highest BCUT2D eigenvalue weighted by molar-refractivity contribution is 8.00. The summed E-state index contributed by atoms with van der Waals surface area (Å²) in [6.45, 7) is -0.495. The molecule has 1 saturated heterocycles. The lowest BCUT2D eigenvalue weighted by Gasteiger charge is -2.15. The minimum atomic E-state index is -4.69. The first-order valence-electron chi connectivity index (χ1n) is 5.72. The molecular formula is C9H13N2O8PS. The molecule has 1 aromatic heterocycles. The predicted octanol–water partition coefficient (Wildman–Crippen LogP) is -1.95. The van der Waals surface area contributed by atoms with E-state index in [1.807, 2.05) is 4.98 Å². The summed E-state index contributed by atoms with van der Waals surface area (Å²) < 4.78 is 14.9. The van der Waals surface area contributed by atoms with Crippen molar-refractivity contribution in [2.75, 3.05) is 6.61 Å². The molecule has 1 fully saturated rings. The van der Waals surface area contributed by atoms with Crippen molar-refractivity contribution in [1.82, 2.24) is 9.97 Å². The average molecular weight is 340 g/mol. The second-order valence-electron chi connectivity index (χ2n) is 4.39. The van der Waals surface area contributed by atoms with Gasteiger partial charge in [0.1, 0.15) is 0 Å². The number of aliphatic hydroxyl groups excluding tert-OH is 2. The summed E-state index contributed by atoms with van der Waals surface area (Å²) in [4.78, 5) is 44.1. The molecule has 6 N–H and O–H groups in total. The van der Waals surface area contributed by atoms with Gasteiger partial charge in [-0.05, 0) is 0 Å². The van der Waals surface area contributed by atoms with Crippen LogP contribution in [-0.4, -0.2) is 54.0 Å². The number of thioether (sulfide) groups is 1. The maximum atomic E-state index is 11.7. The fourth-order valence-electron chi connectivity index (χ4n) is 1.95. The summed E-state index contributed by atoms with van der Waals surface area (Å²) in [6, 6.07) is 0. The van der Waals surface area contributed by atoms with Crippen LogP contribution in [0.15, 0.2) is 15.8 Å². The SMILES string of the molecule is O=c1[nH]cc(C2S[C@H](COP(=O)(O)O)[C@@H](O)[C@H]2O)c(=O)[nH]1. The van der Waals surface area contributed by atoms with Crippen molar-refractivity contribution in [3.8, 4) is 0 Å². The standard InChI is InChI=1S/C9H13N2O8PS/c12-5-4(2-19-20(16,17)18)21-7(6(5)13)3-1-10-9(15)11-8(3)14/h1,4-7,12-13H,2H2,(H2,16,17,18)(H2,10,11,14,15)/t4-,5-,6-,7?/m1/s1. The first-order valence-corrected chi connectivity index (χ1v) is 8.20. The zero-order valence-corrected chi connectivity index (χ0v) is 12.1. The predicted molar refractivity (Wildman–Crippen MR) is 71.8 cm³/mol. The van der Waals surface area contributed by atoms with Crippen molar-refractivity contribution in [3.05, 3.63) is 32.6 Å². The fraction of sp³-hybridized carbons (Fsp3) is 0.556. The molecule has 1 aliphatic heterocycles. The van der Waals surface area contributed by atoms with Crippen molar-refractivity contribution in [2.45, 2.75) is 22.7 Å². The molecule has 4 atom stereocenters. The molecule has 10 nitrogen and oxygen atoms in total. The fourth-order valence-corrected chi connectivity index (χ4v) is 3.89. The lowest BCUT2D eigenvalue weighted by atomic mass is 10.0. The lowest BCUT2D eigenvalue weighted by Crippen LogP contribution is -2.34. The lowest BCUT2D eigenvalue weighted by molar-refractivity contribution is 0.0193. The minimum Gasteiger partial charge on any atom is -0.389 e. The zero-order chi connectivity index (χ0) is 15.8. The second kappa shape index (κ2) is 6.05. The largest absolute Gasteiger partial charge is 0.469 e. The van der Waals surface area contributed by atoms with E-state index < -0.39 is 48.4 Å². The smallest absolute Gasteiger partial charge is 0.389 e. The van der Waals surface area contributed by atoms with Gasteiger partial charge in [0.2, 0.25) is 0 Å². The number of phosphoric ester groups is 1. The molecule has 12 heteroatoms. The monoisotopic (exact) mass is 340 g/mol. The second-order valence-corrected chi connectivity index (χ2v) is 7.01. The Morgan fingerprint density at radius 1 is 1.29 bits per heavy atom. The van der Waals surface area contributed by atoms with Gasteiger partial charge in [0, 0.05) is 11.8 Å². The summed E-state index contributed by atoms with van der Waals surface area (Å²) in [7, 11) is -4.69. The van der Waals surface area contributed by atoms with Gasteiger partial charge in [-0.2, -0.15) is 0 Å². The van der Waals surface area contributed by atoms with Gasteiger partial charge in [-0.1, -0.05) is 0 Å². The number of rotatable bonds is 4. The summed E-state index contributed by atoms with van der Waals surface area (Å²) in [6.07, 6.45) is -1.55. The summed E-state index contributed by atoms with van der Waals surface area (Å²) in [5.41, 5.74) is -1.37. The molecule has 21 heavy (non-hydrogen) atoms. The Balaban J connectivity index is 2.18. The molecule has 2 rings (SSSR count). The highest BCUT2D eigenvalue weighted by Gasteiger charge is 2.44. The number of aromatic nitrogens is 2.